The van der Waals surface area contributed by atoms with Gasteiger partial charge in [0, 0.05) is 19.6 Å². The van der Waals surface area contributed by atoms with Crippen molar-refractivity contribution in [2.45, 2.75) is 25.7 Å². The third-order valence-electron chi connectivity index (χ3n) is 3.65. The molecular weight excluding hydrogens is 192 g/mol. The highest BCUT2D eigenvalue weighted by molar-refractivity contribution is 5.83. The molecular formula is C11H19N2O2. The Hall–Kier alpha value is -0.610. The summed E-state index contributed by atoms with van der Waals surface area (Å²) in [5.41, 5.74) is 7.27. The number of hydrogen-bond acceptors (Lipinski definition) is 2. The number of rotatable bonds is 2. The van der Waals surface area contributed by atoms with Gasteiger partial charge in [-0.3, -0.25) is 10.5 Å². The van der Waals surface area contributed by atoms with Gasteiger partial charge in [0.2, 0.25) is 5.91 Å². The molecule has 0 spiro atoms. The van der Waals surface area contributed by atoms with Crippen LogP contribution in [0.1, 0.15) is 25.7 Å². The molecule has 0 bridgehead atoms. The SMILES string of the molecule is [NH]CC1(C(=O)N2CCOCC2)CCCC1. The maximum Gasteiger partial charge on any atom is 0.230 e. The lowest BCUT2D eigenvalue weighted by Gasteiger charge is -2.35. The van der Waals surface area contributed by atoms with Crippen LogP contribution in [0.2, 0.25) is 0 Å². The summed E-state index contributed by atoms with van der Waals surface area (Å²) in [7, 11) is 0. The van der Waals surface area contributed by atoms with E-state index in [-0.39, 0.29) is 17.9 Å². The highest BCUT2D eigenvalue weighted by Gasteiger charge is 2.42. The summed E-state index contributed by atoms with van der Waals surface area (Å²) >= 11 is 0. The van der Waals surface area contributed by atoms with Gasteiger partial charge in [0.25, 0.3) is 0 Å². The first-order chi connectivity index (χ1) is 7.28. The van der Waals surface area contributed by atoms with E-state index in [1.807, 2.05) is 4.90 Å². The molecule has 1 amide bonds. The molecule has 15 heavy (non-hydrogen) atoms. The third-order valence-corrected chi connectivity index (χ3v) is 3.65. The van der Waals surface area contributed by atoms with Crippen LogP contribution in [0.5, 0.6) is 0 Å². The normalized spacial score (nSPS) is 25.5. The van der Waals surface area contributed by atoms with Gasteiger partial charge < -0.3 is 9.64 Å². The number of hydrogen-bond donors (Lipinski definition) is 0. The molecule has 0 atom stereocenters. The Morgan fingerprint density at radius 1 is 1.27 bits per heavy atom. The van der Waals surface area contributed by atoms with Gasteiger partial charge in [-0.1, -0.05) is 12.8 Å². The minimum atomic E-state index is -0.350. The van der Waals surface area contributed by atoms with Crippen molar-refractivity contribution in [2.24, 2.45) is 5.41 Å². The largest absolute Gasteiger partial charge is 0.378 e. The van der Waals surface area contributed by atoms with Crippen molar-refractivity contribution in [1.29, 1.82) is 0 Å². The molecule has 1 heterocycles. The number of nitrogens with zero attached hydrogens (tertiary/aromatic N) is 1. The average molecular weight is 211 g/mol. The second-order valence-corrected chi connectivity index (χ2v) is 4.57. The van der Waals surface area contributed by atoms with E-state index in [2.05, 4.69) is 0 Å². The predicted octanol–water partition coefficient (Wildman–Crippen LogP) is 0.688. The molecule has 0 aromatic heterocycles. The number of morpholine rings is 1. The van der Waals surface area contributed by atoms with Gasteiger partial charge in [-0.05, 0) is 12.8 Å². The molecule has 1 radical (unpaired) electrons. The smallest absolute Gasteiger partial charge is 0.230 e. The van der Waals surface area contributed by atoms with E-state index in [0.717, 1.165) is 25.7 Å². The Kier molecular flexibility index (Phi) is 3.26. The monoisotopic (exact) mass is 211 g/mol. The number of nitrogens with one attached hydrogen (secondary N) is 1. The van der Waals surface area contributed by atoms with Gasteiger partial charge in [0.05, 0.1) is 18.6 Å². The van der Waals surface area contributed by atoms with Crippen LogP contribution in [-0.2, 0) is 9.53 Å². The Morgan fingerprint density at radius 3 is 2.40 bits per heavy atom. The van der Waals surface area contributed by atoms with E-state index in [9.17, 15) is 4.79 Å². The zero-order chi connectivity index (χ0) is 10.7. The molecule has 2 rings (SSSR count). The van der Waals surface area contributed by atoms with Crippen molar-refractivity contribution in [3.63, 3.8) is 0 Å². The van der Waals surface area contributed by atoms with Gasteiger partial charge in [0.1, 0.15) is 0 Å². The number of ether oxygens (including phenoxy) is 1. The summed E-state index contributed by atoms with van der Waals surface area (Å²) in [4.78, 5) is 14.2. The zero-order valence-electron chi connectivity index (χ0n) is 9.13. The minimum Gasteiger partial charge on any atom is -0.378 e. The predicted molar refractivity (Wildman–Crippen MR) is 56.3 cm³/mol. The molecule has 1 aliphatic heterocycles. The lowest BCUT2D eigenvalue weighted by molar-refractivity contribution is -0.145. The van der Waals surface area contributed by atoms with Gasteiger partial charge >= 0.3 is 0 Å². The second-order valence-electron chi connectivity index (χ2n) is 4.57. The van der Waals surface area contributed by atoms with Crippen LogP contribution in [0.3, 0.4) is 0 Å². The van der Waals surface area contributed by atoms with Crippen LogP contribution in [0.15, 0.2) is 0 Å². The first-order valence-corrected chi connectivity index (χ1v) is 5.80. The maximum absolute atomic E-state index is 12.3. The molecule has 2 aliphatic rings. The topological polar surface area (TPSA) is 53.3 Å². The summed E-state index contributed by atoms with van der Waals surface area (Å²) in [6.07, 6.45) is 4.03. The summed E-state index contributed by atoms with van der Waals surface area (Å²) in [6, 6.07) is 0. The Balaban J connectivity index is 2.03. The Bertz CT molecular complexity index is 231. The molecule has 0 unspecified atom stereocenters. The fraction of sp³-hybridized carbons (Fsp3) is 0.909. The van der Waals surface area contributed by atoms with Crippen LogP contribution in [0.4, 0.5) is 0 Å². The fourth-order valence-corrected chi connectivity index (χ4v) is 2.62. The maximum atomic E-state index is 12.3. The minimum absolute atomic E-state index is 0.207. The van der Waals surface area contributed by atoms with Crippen LogP contribution < -0.4 is 5.73 Å². The lowest BCUT2D eigenvalue weighted by atomic mass is 9.84. The molecule has 1 N–H and O–H groups in total. The number of carbonyl (C=O) groups excluding carboxylic acids is 1. The van der Waals surface area contributed by atoms with Crippen LogP contribution in [0, 0.1) is 5.41 Å². The van der Waals surface area contributed by atoms with Crippen molar-refractivity contribution in [3.8, 4) is 0 Å². The quantitative estimate of drug-likeness (QED) is 0.674. The molecule has 1 saturated carbocycles. The van der Waals surface area contributed by atoms with Crippen LogP contribution in [-0.4, -0.2) is 43.7 Å². The Morgan fingerprint density at radius 2 is 1.87 bits per heavy atom. The molecule has 85 valence electrons. The van der Waals surface area contributed by atoms with Crippen molar-refractivity contribution in [2.75, 3.05) is 32.8 Å². The van der Waals surface area contributed by atoms with E-state index in [4.69, 9.17) is 10.5 Å². The molecule has 4 heteroatoms. The summed E-state index contributed by atoms with van der Waals surface area (Å²) in [6.45, 7) is 2.98. The third kappa shape index (κ3) is 2.01. The second kappa shape index (κ2) is 4.49. The first-order valence-electron chi connectivity index (χ1n) is 5.80. The van der Waals surface area contributed by atoms with Gasteiger partial charge in [0.15, 0.2) is 0 Å². The van der Waals surface area contributed by atoms with Crippen LogP contribution >= 0.6 is 0 Å². The van der Waals surface area contributed by atoms with E-state index >= 15 is 0 Å². The summed E-state index contributed by atoms with van der Waals surface area (Å²) < 4.78 is 5.24. The van der Waals surface area contributed by atoms with E-state index < -0.39 is 0 Å². The van der Waals surface area contributed by atoms with Gasteiger partial charge in [-0.2, -0.15) is 0 Å². The highest BCUT2D eigenvalue weighted by Crippen LogP contribution is 2.39. The molecule has 1 aliphatic carbocycles. The van der Waals surface area contributed by atoms with E-state index in [1.54, 1.807) is 0 Å². The van der Waals surface area contributed by atoms with Crippen LogP contribution in [0.25, 0.3) is 0 Å². The average Bonchev–Trinajstić information content (AvgIpc) is 2.79. The molecule has 0 aromatic rings. The van der Waals surface area contributed by atoms with Crippen molar-refractivity contribution in [3.05, 3.63) is 0 Å². The van der Waals surface area contributed by atoms with Crippen molar-refractivity contribution < 1.29 is 9.53 Å². The van der Waals surface area contributed by atoms with E-state index in [0.29, 0.717) is 26.3 Å². The zero-order valence-corrected chi connectivity index (χ0v) is 9.13. The number of carbonyl (C=O) groups is 1. The standard InChI is InChI=1S/C11H19N2O2/c12-9-11(3-1-2-4-11)10(14)13-5-7-15-8-6-13/h12H,1-9H2. The van der Waals surface area contributed by atoms with Crippen molar-refractivity contribution >= 4 is 5.91 Å². The summed E-state index contributed by atoms with van der Waals surface area (Å²) in [5.74, 6) is 0.207. The Labute approximate surface area is 90.8 Å². The number of amides is 1. The molecule has 2 fully saturated rings. The molecule has 0 aromatic carbocycles. The fourth-order valence-electron chi connectivity index (χ4n) is 2.62. The van der Waals surface area contributed by atoms with E-state index in [1.165, 1.54) is 0 Å². The van der Waals surface area contributed by atoms with Gasteiger partial charge in [-0.25, -0.2) is 0 Å². The molecule has 4 nitrogen and oxygen atoms in total. The lowest BCUT2D eigenvalue weighted by Crippen LogP contribution is -2.49. The molecule has 1 saturated heterocycles. The summed E-state index contributed by atoms with van der Waals surface area (Å²) in [5, 5.41) is 0. The first kappa shape index (κ1) is 10.9. The van der Waals surface area contributed by atoms with Crippen molar-refractivity contribution in [1.82, 2.24) is 10.6 Å². The highest BCUT2D eigenvalue weighted by atomic mass is 16.5. The van der Waals surface area contributed by atoms with Gasteiger partial charge in [-0.15, -0.1) is 0 Å².